The van der Waals surface area contributed by atoms with Crippen LogP contribution in [0.3, 0.4) is 0 Å². The van der Waals surface area contributed by atoms with Gasteiger partial charge in [-0.3, -0.25) is 9.69 Å². The highest BCUT2D eigenvalue weighted by molar-refractivity contribution is 7.09. The van der Waals surface area contributed by atoms with Crippen molar-refractivity contribution in [2.75, 3.05) is 32.7 Å². The Morgan fingerprint density at radius 2 is 2.04 bits per heavy atom. The molecule has 1 aromatic heterocycles. The molecule has 6 heteroatoms. The monoisotopic (exact) mass is 364 g/mol. The molecule has 0 spiro atoms. The van der Waals surface area contributed by atoms with Crippen LogP contribution in [0.5, 0.6) is 0 Å². The Morgan fingerprint density at radius 3 is 2.64 bits per heavy atom. The third-order valence-electron chi connectivity index (χ3n) is 5.49. The van der Waals surface area contributed by atoms with Crippen LogP contribution in [-0.2, 0) is 11.3 Å². The van der Waals surface area contributed by atoms with E-state index in [0.29, 0.717) is 11.9 Å². The zero-order valence-electron chi connectivity index (χ0n) is 15.7. The number of amides is 1. The van der Waals surface area contributed by atoms with Crippen molar-refractivity contribution in [1.29, 1.82) is 0 Å². The molecule has 3 heterocycles. The van der Waals surface area contributed by atoms with Crippen LogP contribution in [0.1, 0.15) is 49.7 Å². The van der Waals surface area contributed by atoms with Crippen LogP contribution in [-0.4, -0.2) is 59.5 Å². The Balaban J connectivity index is 1.52. The SMILES string of the molecule is CCCN(C(=O)C1CCN(Cc2csc(C)n2)CC1)C1CCNCC1. The molecule has 1 aromatic rings. The molecule has 1 amide bonds. The Morgan fingerprint density at radius 1 is 1.32 bits per heavy atom. The fraction of sp³-hybridized carbons (Fsp3) is 0.789. The van der Waals surface area contributed by atoms with E-state index in [2.05, 4.69) is 39.3 Å². The normalized spacial score (nSPS) is 20.7. The van der Waals surface area contributed by atoms with Gasteiger partial charge in [-0.05, 0) is 65.2 Å². The number of nitrogens with one attached hydrogen (secondary N) is 1. The second-order valence-electron chi connectivity index (χ2n) is 7.42. The number of likely N-dealkylation sites (tertiary alicyclic amines) is 1. The van der Waals surface area contributed by atoms with Crippen molar-refractivity contribution >= 4 is 17.2 Å². The first-order valence-corrected chi connectivity index (χ1v) is 10.7. The summed E-state index contributed by atoms with van der Waals surface area (Å²) in [6, 6.07) is 0.449. The first-order chi connectivity index (χ1) is 12.2. The maximum atomic E-state index is 13.1. The quantitative estimate of drug-likeness (QED) is 0.843. The van der Waals surface area contributed by atoms with Crippen LogP contribution < -0.4 is 5.32 Å². The summed E-state index contributed by atoms with van der Waals surface area (Å²) < 4.78 is 0. The smallest absolute Gasteiger partial charge is 0.226 e. The molecule has 0 bridgehead atoms. The van der Waals surface area contributed by atoms with E-state index in [9.17, 15) is 4.79 Å². The van der Waals surface area contributed by atoms with E-state index in [1.54, 1.807) is 11.3 Å². The summed E-state index contributed by atoms with van der Waals surface area (Å²) in [4.78, 5) is 22.4. The zero-order valence-corrected chi connectivity index (χ0v) is 16.5. The van der Waals surface area contributed by atoms with Crippen LogP contribution in [0.2, 0.25) is 0 Å². The summed E-state index contributed by atoms with van der Waals surface area (Å²) >= 11 is 1.72. The number of carbonyl (C=O) groups excluding carboxylic acids is 1. The lowest BCUT2D eigenvalue weighted by atomic mass is 9.93. The lowest BCUT2D eigenvalue weighted by Gasteiger charge is -2.39. The minimum Gasteiger partial charge on any atom is -0.339 e. The van der Waals surface area contributed by atoms with Gasteiger partial charge < -0.3 is 10.2 Å². The van der Waals surface area contributed by atoms with E-state index in [4.69, 9.17) is 0 Å². The molecule has 0 radical (unpaired) electrons. The third-order valence-corrected chi connectivity index (χ3v) is 6.31. The van der Waals surface area contributed by atoms with Crippen LogP contribution >= 0.6 is 11.3 Å². The van der Waals surface area contributed by atoms with E-state index in [0.717, 1.165) is 76.4 Å². The molecule has 1 N–H and O–H groups in total. The molecule has 0 atom stereocenters. The van der Waals surface area contributed by atoms with Gasteiger partial charge in [0.1, 0.15) is 0 Å². The number of hydrogen-bond donors (Lipinski definition) is 1. The molecule has 5 nitrogen and oxygen atoms in total. The molecule has 25 heavy (non-hydrogen) atoms. The van der Waals surface area contributed by atoms with Gasteiger partial charge in [0.25, 0.3) is 0 Å². The number of piperidine rings is 2. The topological polar surface area (TPSA) is 48.5 Å². The molecule has 2 fully saturated rings. The Hall–Kier alpha value is -0.980. The lowest BCUT2D eigenvalue weighted by molar-refractivity contribution is -0.140. The van der Waals surface area contributed by atoms with Crippen LogP contribution in [0, 0.1) is 12.8 Å². The van der Waals surface area contributed by atoms with E-state index >= 15 is 0 Å². The number of hydrogen-bond acceptors (Lipinski definition) is 5. The number of nitrogens with zero attached hydrogens (tertiary/aromatic N) is 3. The summed E-state index contributed by atoms with van der Waals surface area (Å²) in [7, 11) is 0. The number of rotatable bonds is 6. The molecule has 0 aromatic carbocycles. The Labute approximate surface area is 155 Å². The van der Waals surface area contributed by atoms with Crippen molar-refractivity contribution in [1.82, 2.24) is 20.1 Å². The lowest BCUT2D eigenvalue weighted by Crippen LogP contribution is -2.50. The fourth-order valence-corrected chi connectivity index (χ4v) is 4.72. The van der Waals surface area contributed by atoms with Gasteiger partial charge in [-0.25, -0.2) is 4.98 Å². The van der Waals surface area contributed by atoms with E-state index in [1.807, 2.05) is 0 Å². The molecule has 2 aliphatic rings. The highest BCUT2D eigenvalue weighted by atomic mass is 32.1. The van der Waals surface area contributed by atoms with Gasteiger partial charge in [0, 0.05) is 30.4 Å². The summed E-state index contributed by atoms with van der Waals surface area (Å²) in [5.41, 5.74) is 1.18. The van der Waals surface area contributed by atoms with Crippen molar-refractivity contribution in [3.63, 3.8) is 0 Å². The average molecular weight is 365 g/mol. The maximum absolute atomic E-state index is 13.1. The molecule has 2 aliphatic heterocycles. The Kier molecular flexibility index (Phi) is 6.84. The van der Waals surface area contributed by atoms with Gasteiger partial charge >= 0.3 is 0 Å². The molecule has 0 saturated carbocycles. The highest BCUT2D eigenvalue weighted by Crippen LogP contribution is 2.24. The van der Waals surface area contributed by atoms with Crippen molar-refractivity contribution in [2.45, 2.75) is 58.5 Å². The zero-order chi connectivity index (χ0) is 17.6. The largest absolute Gasteiger partial charge is 0.339 e. The first-order valence-electron chi connectivity index (χ1n) is 9.82. The molecular formula is C19H32N4OS. The predicted octanol–water partition coefficient (Wildman–Crippen LogP) is 2.65. The van der Waals surface area contributed by atoms with Crippen LogP contribution in [0.4, 0.5) is 0 Å². The minimum absolute atomic E-state index is 0.217. The van der Waals surface area contributed by atoms with Crippen molar-refractivity contribution in [2.24, 2.45) is 5.92 Å². The van der Waals surface area contributed by atoms with Gasteiger partial charge in [0.2, 0.25) is 5.91 Å². The summed E-state index contributed by atoms with van der Waals surface area (Å²) in [5.74, 6) is 0.632. The van der Waals surface area contributed by atoms with E-state index in [-0.39, 0.29) is 5.92 Å². The van der Waals surface area contributed by atoms with Crippen LogP contribution in [0.15, 0.2) is 5.38 Å². The number of carbonyl (C=O) groups is 1. The second-order valence-corrected chi connectivity index (χ2v) is 8.48. The van der Waals surface area contributed by atoms with E-state index < -0.39 is 0 Å². The second kappa shape index (κ2) is 9.10. The maximum Gasteiger partial charge on any atom is 0.226 e. The molecular weight excluding hydrogens is 332 g/mol. The molecule has 140 valence electrons. The van der Waals surface area contributed by atoms with Crippen LogP contribution in [0.25, 0.3) is 0 Å². The van der Waals surface area contributed by atoms with Crippen molar-refractivity contribution in [3.8, 4) is 0 Å². The predicted molar refractivity (Wildman–Crippen MR) is 103 cm³/mol. The summed E-state index contributed by atoms with van der Waals surface area (Å²) in [6.07, 6.45) is 5.25. The fourth-order valence-electron chi connectivity index (χ4n) is 4.11. The molecule has 0 aliphatic carbocycles. The van der Waals surface area contributed by atoms with Crippen molar-refractivity contribution in [3.05, 3.63) is 16.1 Å². The summed E-state index contributed by atoms with van der Waals surface area (Å²) in [5, 5.41) is 6.71. The van der Waals surface area contributed by atoms with E-state index in [1.165, 1.54) is 5.69 Å². The van der Waals surface area contributed by atoms with Gasteiger partial charge in [0.05, 0.1) is 10.7 Å². The molecule has 0 unspecified atom stereocenters. The average Bonchev–Trinajstić information content (AvgIpc) is 3.05. The van der Waals surface area contributed by atoms with Gasteiger partial charge in [-0.2, -0.15) is 0 Å². The van der Waals surface area contributed by atoms with Gasteiger partial charge in [-0.1, -0.05) is 6.92 Å². The first kappa shape index (κ1) is 18.8. The number of aromatic nitrogens is 1. The van der Waals surface area contributed by atoms with Gasteiger partial charge in [-0.15, -0.1) is 11.3 Å². The van der Waals surface area contributed by atoms with Gasteiger partial charge in [0.15, 0.2) is 0 Å². The number of aryl methyl sites for hydroxylation is 1. The minimum atomic E-state index is 0.217. The third kappa shape index (κ3) is 5.02. The standard InChI is InChI=1S/C19H32N4OS/c1-3-10-23(18-4-8-20-9-5-18)19(24)16-6-11-22(12-7-16)13-17-14-25-15(2)21-17/h14,16,18,20H,3-13H2,1-2H3. The van der Waals surface area contributed by atoms with Crippen molar-refractivity contribution < 1.29 is 4.79 Å². The number of thiazole rings is 1. The highest BCUT2D eigenvalue weighted by Gasteiger charge is 2.32. The summed E-state index contributed by atoms with van der Waals surface area (Å²) in [6.45, 7) is 10.2. The molecule has 2 saturated heterocycles. The Bertz CT molecular complexity index is 547. The molecule has 3 rings (SSSR count).